The van der Waals surface area contributed by atoms with Crippen LogP contribution in [0.15, 0.2) is 34.1 Å². The maximum atomic E-state index is 12.6. The van der Waals surface area contributed by atoms with Crippen LogP contribution < -0.4 is 0 Å². The molecule has 24 heavy (non-hydrogen) atoms. The van der Waals surface area contributed by atoms with Crippen molar-refractivity contribution in [3.05, 3.63) is 34.7 Å². The number of rotatable bonds is 5. The molecule has 0 unspecified atom stereocenters. The highest BCUT2D eigenvalue weighted by atomic mass is 32.2. The smallest absolute Gasteiger partial charge is 0.266 e. The molecule has 0 aliphatic carbocycles. The molecule has 0 N–H and O–H groups in total. The molecule has 1 amide bonds. The Kier molecular flexibility index (Phi) is 6.35. The number of thiocarbonyl (C=S) groups is 1. The van der Waals surface area contributed by atoms with Crippen LogP contribution in [0.4, 0.5) is 0 Å². The second-order valence-electron chi connectivity index (χ2n) is 5.56. The van der Waals surface area contributed by atoms with Gasteiger partial charge >= 0.3 is 0 Å². The average molecular weight is 381 g/mol. The van der Waals surface area contributed by atoms with Crippen molar-refractivity contribution in [1.29, 1.82) is 0 Å². The summed E-state index contributed by atoms with van der Waals surface area (Å²) in [5, 5.41) is 0. The topological polar surface area (TPSA) is 32.8 Å². The minimum absolute atomic E-state index is 0.0206. The second kappa shape index (κ2) is 8.49. The fourth-order valence-electron chi connectivity index (χ4n) is 2.61. The van der Waals surface area contributed by atoms with Crippen LogP contribution in [0.2, 0.25) is 0 Å². The Morgan fingerprint density at radius 2 is 1.96 bits per heavy atom. The molecule has 0 radical (unpaired) electrons. The fraction of sp³-hybridized carbons (Fsp3) is 0.412. The molecular formula is C17H20N2O2S3. The minimum Gasteiger partial charge on any atom is -0.379 e. The van der Waals surface area contributed by atoms with E-state index in [0.29, 0.717) is 15.8 Å². The first-order chi connectivity index (χ1) is 11.7. The van der Waals surface area contributed by atoms with Crippen LogP contribution in [-0.4, -0.2) is 65.7 Å². The lowest BCUT2D eigenvalue weighted by molar-refractivity contribution is -0.122. The van der Waals surface area contributed by atoms with E-state index >= 15 is 0 Å². The number of morpholine rings is 1. The summed E-state index contributed by atoms with van der Waals surface area (Å²) in [6.45, 7) is 4.87. The number of carbonyl (C=O) groups excluding carboxylic acids is 1. The Balaban J connectivity index is 1.63. The highest BCUT2D eigenvalue weighted by Crippen LogP contribution is 2.32. The van der Waals surface area contributed by atoms with Gasteiger partial charge in [0.1, 0.15) is 4.32 Å². The van der Waals surface area contributed by atoms with Crippen molar-refractivity contribution in [2.24, 2.45) is 0 Å². The second-order valence-corrected chi connectivity index (χ2v) is 8.12. The van der Waals surface area contributed by atoms with Crippen molar-refractivity contribution in [2.75, 3.05) is 45.6 Å². The van der Waals surface area contributed by atoms with E-state index in [-0.39, 0.29) is 5.91 Å². The molecule has 0 saturated carbocycles. The highest BCUT2D eigenvalue weighted by Gasteiger charge is 2.32. The lowest BCUT2D eigenvalue weighted by Crippen LogP contribution is -2.42. The molecule has 0 spiro atoms. The van der Waals surface area contributed by atoms with Gasteiger partial charge in [0.25, 0.3) is 5.91 Å². The van der Waals surface area contributed by atoms with Gasteiger partial charge in [0.2, 0.25) is 0 Å². The van der Waals surface area contributed by atoms with Crippen molar-refractivity contribution < 1.29 is 9.53 Å². The molecule has 3 rings (SSSR count). The number of hydrogen-bond donors (Lipinski definition) is 0. The summed E-state index contributed by atoms with van der Waals surface area (Å²) in [6.07, 6.45) is 3.98. The molecule has 2 saturated heterocycles. The number of carbonyl (C=O) groups is 1. The molecule has 0 bridgehead atoms. The monoisotopic (exact) mass is 380 g/mol. The molecule has 7 heteroatoms. The van der Waals surface area contributed by atoms with Crippen LogP contribution in [0.25, 0.3) is 6.08 Å². The lowest BCUT2D eigenvalue weighted by Gasteiger charge is -2.28. The Labute approximate surface area is 156 Å². The minimum atomic E-state index is 0.0206. The van der Waals surface area contributed by atoms with Crippen LogP contribution in [-0.2, 0) is 9.53 Å². The largest absolute Gasteiger partial charge is 0.379 e. The van der Waals surface area contributed by atoms with Gasteiger partial charge in [-0.25, -0.2) is 0 Å². The van der Waals surface area contributed by atoms with Crippen molar-refractivity contribution in [2.45, 2.75) is 4.90 Å². The van der Waals surface area contributed by atoms with Crippen LogP contribution in [0, 0.1) is 0 Å². The summed E-state index contributed by atoms with van der Waals surface area (Å²) < 4.78 is 6.00. The molecule has 2 aliphatic rings. The Hall–Kier alpha value is -0.860. The fourth-order valence-corrected chi connectivity index (χ4v) is 4.33. The van der Waals surface area contributed by atoms with E-state index in [1.165, 1.54) is 16.7 Å². The van der Waals surface area contributed by atoms with E-state index in [2.05, 4.69) is 23.3 Å². The van der Waals surface area contributed by atoms with Crippen LogP contribution in [0.1, 0.15) is 5.56 Å². The zero-order valence-corrected chi connectivity index (χ0v) is 16.0. The number of nitrogens with zero attached hydrogens (tertiary/aromatic N) is 2. The first-order valence-electron chi connectivity index (χ1n) is 7.87. The maximum absolute atomic E-state index is 12.6. The van der Waals surface area contributed by atoms with Crippen molar-refractivity contribution in [3.63, 3.8) is 0 Å². The number of amides is 1. The predicted octanol–water partition coefficient (Wildman–Crippen LogP) is 2.94. The van der Waals surface area contributed by atoms with Crippen molar-refractivity contribution in [1.82, 2.24) is 9.80 Å². The molecule has 0 atom stereocenters. The van der Waals surface area contributed by atoms with Crippen molar-refractivity contribution >= 4 is 52.0 Å². The molecule has 1 aromatic carbocycles. The predicted molar refractivity (Wildman–Crippen MR) is 105 cm³/mol. The molecule has 2 aliphatic heterocycles. The van der Waals surface area contributed by atoms with Gasteiger partial charge < -0.3 is 4.74 Å². The summed E-state index contributed by atoms with van der Waals surface area (Å²) >= 11 is 8.50. The molecule has 128 valence electrons. The van der Waals surface area contributed by atoms with E-state index in [4.69, 9.17) is 17.0 Å². The van der Waals surface area contributed by atoms with Gasteiger partial charge in [-0.05, 0) is 30.0 Å². The van der Waals surface area contributed by atoms with Gasteiger partial charge in [-0.1, -0.05) is 36.1 Å². The third-order valence-corrected chi connectivity index (χ3v) is 6.15. The zero-order chi connectivity index (χ0) is 16.9. The molecule has 2 fully saturated rings. The van der Waals surface area contributed by atoms with Crippen molar-refractivity contribution in [3.8, 4) is 0 Å². The van der Waals surface area contributed by atoms with Crippen LogP contribution in [0.5, 0.6) is 0 Å². The Morgan fingerprint density at radius 1 is 1.25 bits per heavy atom. The van der Waals surface area contributed by atoms with Gasteiger partial charge in [-0.15, -0.1) is 11.8 Å². The molecule has 1 aromatic rings. The number of hydrogen-bond acceptors (Lipinski definition) is 6. The third kappa shape index (κ3) is 4.40. The van der Waals surface area contributed by atoms with E-state index in [0.717, 1.165) is 38.4 Å². The summed E-state index contributed by atoms with van der Waals surface area (Å²) in [5.74, 6) is 0.0206. The van der Waals surface area contributed by atoms with Gasteiger partial charge in [0, 0.05) is 31.1 Å². The summed E-state index contributed by atoms with van der Waals surface area (Å²) in [4.78, 5) is 18.6. The lowest BCUT2D eigenvalue weighted by atomic mass is 10.2. The van der Waals surface area contributed by atoms with Crippen LogP contribution in [0.3, 0.4) is 0 Å². The summed E-state index contributed by atoms with van der Waals surface area (Å²) in [6, 6.07) is 8.20. The van der Waals surface area contributed by atoms with E-state index in [1.807, 2.05) is 18.2 Å². The third-order valence-electron chi connectivity index (χ3n) is 4.03. The quantitative estimate of drug-likeness (QED) is 0.444. The molecule has 2 heterocycles. The van der Waals surface area contributed by atoms with Crippen LogP contribution >= 0.6 is 35.7 Å². The Bertz CT molecular complexity index is 640. The normalized spacial score (nSPS) is 21.0. The van der Waals surface area contributed by atoms with Gasteiger partial charge in [0.05, 0.1) is 18.1 Å². The van der Waals surface area contributed by atoms with E-state index in [9.17, 15) is 4.79 Å². The number of thioether (sulfide) groups is 2. The molecular weight excluding hydrogens is 360 g/mol. The highest BCUT2D eigenvalue weighted by molar-refractivity contribution is 8.26. The molecule has 4 nitrogen and oxygen atoms in total. The van der Waals surface area contributed by atoms with E-state index < -0.39 is 0 Å². The van der Waals surface area contributed by atoms with Gasteiger partial charge in [0.15, 0.2) is 0 Å². The maximum Gasteiger partial charge on any atom is 0.266 e. The first-order valence-corrected chi connectivity index (χ1v) is 10.3. The summed E-state index contributed by atoms with van der Waals surface area (Å²) in [7, 11) is 0. The number of benzene rings is 1. The standard InChI is InChI=1S/C17H20N2O2S3/c1-23-14-4-2-13(3-5-14)12-15-16(20)19(17(22)24-15)7-6-18-8-10-21-11-9-18/h2-5,12H,6-11H2,1H3/b15-12+. The van der Waals surface area contributed by atoms with Gasteiger partial charge in [-0.3, -0.25) is 14.6 Å². The molecule has 0 aromatic heterocycles. The van der Waals surface area contributed by atoms with E-state index in [1.54, 1.807) is 16.7 Å². The Morgan fingerprint density at radius 3 is 2.62 bits per heavy atom. The SMILES string of the molecule is CSc1ccc(/C=C2/SC(=S)N(CCN3CCOCC3)C2=O)cc1. The average Bonchev–Trinajstić information content (AvgIpc) is 2.88. The summed E-state index contributed by atoms with van der Waals surface area (Å²) in [5.41, 5.74) is 1.03. The number of ether oxygens (including phenoxy) is 1. The zero-order valence-electron chi connectivity index (χ0n) is 13.6. The first kappa shape index (κ1) is 17.9. The van der Waals surface area contributed by atoms with Gasteiger partial charge in [-0.2, -0.15) is 0 Å².